The van der Waals surface area contributed by atoms with E-state index in [0.29, 0.717) is 0 Å². The summed E-state index contributed by atoms with van der Waals surface area (Å²) in [7, 11) is 0. The largest absolute Gasteiger partial charge is 0.395 e. The van der Waals surface area contributed by atoms with Gasteiger partial charge in [-0.25, -0.2) is 0 Å². The third-order valence-corrected chi connectivity index (χ3v) is 1.40. The lowest BCUT2D eigenvalue weighted by Crippen LogP contribution is -2.15. The summed E-state index contributed by atoms with van der Waals surface area (Å²) in [4.78, 5) is 10.1. The van der Waals surface area contributed by atoms with E-state index in [1.54, 1.807) is 22.6 Å². The fourth-order valence-electron chi connectivity index (χ4n) is 0.271. The summed E-state index contributed by atoms with van der Waals surface area (Å²) in [6.07, 6.45) is -5.63. The molecule has 0 amide bonds. The number of hydrogen-bond acceptors (Lipinski definition) is 1. The molecule has 0 aliphatic heterocycles. The van der Waals surface area contributed by atoms with Crippen molar-refractivity contribution in [2.45, 2.75) is 12.6 Å². The molecule has 0 N–H and O–H groups in total. The number of rotatable bonds is 2. The normalized spacial score (nSPS) is 11.6. The van der Waals surface area contributed by atoms with E-state index >= 15 is 0 Å². The summed E-state index contributed by atoms with van der Waals surface area (Å²) in [5.74, 6) is -0.775. The van der Waals surface area contributed by atoms with Crippen molar-refractivity contribution >= 4 is 28.4 Å². The smallest absolute Gasteiger partial charge is 0.298 e. The molecule has 5 heteroatoms. The van der Waals surface area contributed by atoms with Gasteiger partial charge in [0.1, 0.15) is 6.42 Å². The predicted octanol–water partition coefficient (Wildman–Crippen LogP) is 1.94. The zero-order chi connectivity index (χ0) is 7.49. The third-order valence-electron chi connectivity index (χ3n) is 0.547. The standard InChI is InChI=1S/C4H4F3IO/c5-4(6,7)1-3(9)2-8/h1-2H2. The fraction of sp³-hybridized carbons (Fsp3) is 0.750. The molecule has 0 radical (unpaired) electrons. The highest BCUT2D eigenvalue weighted by Crippen LogP contribution is 2.19. The van der Waals surface area contributed by atoms with Crippen LogP contribution in [0.3, 0.4) is 0 Å². The van der Waals surface area contributed by atoms with E-state index in [4.69, 9.17) is 0 Å². The summed E-state index contributed by atoms with van der Waals surface area (Å²) in [6, 6.07) is 0. The molecule has 0 aromatic carbocycles. The van der Waals surface area contributed by atoms with Crippen molar-refractivity contribution in [1.82, 2.24) is 0 Å². The molecule has 0 unspecified atom stereocenters. The highest BCUT2D eigenvalue weighted by Gasteiger charge is 2.30. The molecule has 1 nitrogen and oxygen atoms in total. The molecule has 0 rings (SSSR count). The Balaban J connectivity index is 3.60. The molecule has 0 aliphatic carbocycles. The Morgan fingerprint density at radius 3 is 2.00 bits per heavy atom. The zero-order valence-corrected chi connectivity index (χ0v) is 6.49. The number of carbonyl (C=O) groups is 1. The van der Waals surface area contributed by atoms with Gasteiger partial charge in [0, 0.05) is 0 Å². The van der Waals surface area contributed by atoms with Gasteiger partial charge in [-0.05, 0) is 0 Å². The van der Waals surface area contributed by atoms with Gasteiger partial charge in [0.15, 0.2) is 5.78 Å². The molecular formula is C4H4F3IO. The quantitative estimate of drug-likeness (QED) is 0.542. The molecule has 0 spiro atoms. The first-order valence-electron chi connectivity index (χ1n) is 2.10. The van der Waals surface area contributed by atoms with Gasteiger partial charge < -0.3 is 0 Å². The predicted molar refractivity (Wildman–Crippen MR) is 34.6 cm³/mol. The van der Waals surface area contributed by atoms with Gasteiger partial charge in [-0.15, -0.1) is 0 Å². The first kappa shape index (κ1) is 9.19. The van der Waals surface area contributed by atoms with Crippen molar-refractivity contribution in [3.63, 3.8) is 0 Å². The lowest BCUT2D eigenvalue weighted by molar-refractivity contribution is -0.150. The van der Waals surface area contributed by atoms with E-state index < -0.39 is 18.4 Å². The Hall–Kier alpha value is 0.190. The van der Waals surface area contributed by atoms with Crippen LogP contribution < -0.4 is 0 Å². The van der Waals surface area contributed by atoms with Crippen LogP contribution in [-0.4, -0.2) is 16.4 Å². The molecule has 0 aromatic heterocycles. The van der Waals surface area contributed by atoms with E-state index in [9.17, 15) is 18.0 Å². The molecule has 0 heterocycles. The minimum absolute atomic E-state index is 0.0722. The van der Waals surface area contributed by atoms with Crippen LogP contribution in [0.2, 0.25) is 0 Å². The van der Waals surface area contributed by atoms with Crippen LogP contribution in [0.25, 0.3) is 0 Å². The first-order valence-corrected chi connectivity index (χ1v) is 3.62. The maximum atomic E-state index is 11.3. The van der Waals surface area contributed by atoms with Crippen molar-refractivity contribution in [2.75, 3.05) is 4.43 Å². The van der Waals surface area contributed by atoms with E-state index in [-0.39, 0.29) is 4.43 Å². The molecule has 0 saturated heterocycles. The van der Waals surface area contributed by atoms with Crippen LogP contribution in [0, 0.1) is 0 Å². The van der Waals surface area contributed by atoms with Crippen molar-refractivity contribution < 1.29 is 18.0 Å². The Morgan fingerprint density at radius 1 is 1.44 bits per heavy atom. The Labute approximate surface area is 63.8 Å². The molecule has 0 aliphatic rings. The van der Waals surface area contributed by atoms with Gasteiger partial charge >= 0.3 is 6.18 Å². The van der Waals surface area contributed by atoms with Crippen molar-refractivity contribution in [3.8, 4) is 0 Å². The average molecular weight is 252 g/mol. The van der Waals surface area contributed by atoms with Gasteiger partial charge in [-0.1, -0.05) is 22.6 Å². The zero-order valence-electron chi connectivity index (χ0n) is 4.33. The first-order chi connectivity index (χ1) is 3.95. The number of halogens is 4. The summed E-state index contributed by atoms with van der Waals surface area (Å²) in [5, 5.41) is 0. The second-order valence-corrected chi connectivity index (χ2v) is 2.23. The molecule has 54 valence electrons. The van der Waals surface area contributed by atoms with Gasteiger partial charge in [0.05, 0.1) is 4.43 Å². The summed E-state index contributed by atoms with van der Waals surface area (Å²) >= 11 is 1.60. The minimum Gasteiger partial charge on any atom is -0.298 e. The highest BCUT2D eigenvalue weighted by atomic mass is 127. The number of ketones is 1. The molecule has 9 heavy (non-hydrogen) atoms. The maximum absolute atomic E-state index is 11.3. The molecule has 0 bridgehead atoms. The lowest BCUT2D eigenvalue weighted by atomic mass is 10.3. The SMILES string of the molecule is O=C(CI)CC(F)(F)F. The number of Topliss-reactive ketones (excluding diaryl/α,β-unsaturated/α-hetero) is 1. The van der Waals surface area contributed by atoms with Crippen molar-refractivity contribution in [3.05, 3.63) is 0 Å². The molecule has 0 atom stereocenters. The fourth-order valence-corrected chi connectivity index (χ4v) is 0.541. The number of carbonyl (C=O) groups excluding carboxylic acids is 1. The van der Waals surface area contributed by atoms with E-state index in [1.165, 1.54) is 0 Å². The topological polar surface area (TPSA) is 17.1 Å². The average Bonchev–Trinajstić information content (AvgIpc) is 1.62. The lowest BCUT2D eigenvalue weighted by Gasteiger charge is -2.01. The second kappa shape index (κ2) is 3.38. The Bertz CT molecular complexity index is 109. The van der Waals surface area contributed by atoms with Crippen LogP contribution in [0.5, 0.6) is 0 Å². The van der Waals surface area contributed by atoms with Crippen LogP contribution in [-0.2, 0) is 4.79 Å². The number of hydrogen-bond donors (Lipinski definition) is 0. The Morgan fingerprint density at radius 2 is 1.89 bits per heavy atom. The van der Waals surface area contributed by atoms with Crippen LogP contribution in [0.1, 0.15) is 6.42 Å². The molecular weight excluding hydrogens is 248 g/mol. The second-order valence-electron chi connectivity index (χ2n) is 1.46. The highest BCUT2D eigenvalue weighted by molar-refractivity contribution is 14.1. The summed E-state index contributed by atoms with van der Waals surface area (Å²) in [5.41, 5.74) is 0. The van der Waals surface area contributed by atoms with E-state index in [1.807, 2.05) is 0 Å². The van der Waals surface area contributed by atoms with Gasteiger partial charge in [0.2, 0.25) is 0 Å². The maximum Gasteiger partial charge on any atom is 0.395 e. The van der Waals surface area contributed by atoms with E-state index in [2.05, 4.69) is 0 Å². The molecule has 0 saturated carbocycles. The van der Waals surface area contributed by atoms with Gasteiger partial charge in [-0.3, -0.25) is 4.79 Å². The molecule has 0 fully saturated rings. The molecule has 0 aromatic rings. The van der Waals surface area contributed by atoms with Crippen LogP contribution in [0.15, 0.2) is 0 Å². The summed E-state index contributed by atoms with van der Waals surface area (Å²) in [6.45, 7) is 0. The third kappa shape index (κ3) is 6.07. The van der Waals surface area contributed by atoms with Crippen molar-refractivity contribution in [1.29, 1.82) is 0 Å². The van der Waals surface area contributed by atoms with Gasteiger partial charge in [0.25, 0.3) is 0 Å². The minimum atomic E-state index is -4.33. The van der Waals surface area contributed by atoms with Crippen molar-refractivity contribution in [2.24, 2.45) is 0 Å². The van der Waals surface area contributed by atoms with E-state index in [0.717, 1.165) is 0 Å². The number of alkyl halides is 4. The summed E-state index contributed by atoms with van der Waals surface area (Å²) < 4.78 is 33.7. The monoisotopic (exact) mass is 252 g/mol. The van der Waals surface area contributed by atoms with Crippen LogP contribution >= 0.6 is 22.6 Å². The van der Waals surface area contributed by atoms with Gasteiger partial charge in [-0.2, -0.15) is 13.2 Å². The Kier molecular flexibility index (Phi) is 3.45. The van der Waals surface area contributed by atoms with Crippen LogP contribution in [0.4, 0.5) is 13.2 Å².